The van der Waals surface area contributed by atoms with Crippen LogP contribution in [-0.4, -0.2) is 12.1 Å². The fourth-order valence-corrected chi connectivity index (χ4v) is 3.32. The van der Waals surface area contributed by atoms with Crippen molar-refractivity contribution in [3.63, 3.8) is 0 Å². The topological polar surface area (TPSA) is 63.2 Å². The number of carbonyl (C=O) groups is 1. The summed E-state index contributed by atoms with van der Waals surface area (Å²) in [6, 6.07) is 10.3. The first kappa shape index (κ1) is 18.6. The van der Waals surface area contributed by atoms with Gasteiger partial charge < -0.3 is 9.15 Å². The lowest BCUT2D eigenvalue weighted by Gasteiger charge is -2.21. The summed E-state index contributed by atoms with van der Waals surface area (Å²) in [6.07, 6.45) is 6.23. The van der Waals surface area contributed by atoms with Crippen LogP contribution in [0.4, 0.5) is 0 Å². The third-order valence-electron chi connectivity index (χ3n) is 4.27. The van der Waals surface area contributed by atoms with Crippen LogP contribution in [0.15, 0.2) is 40.3 Å². The number of hydrogen-bond donors (Lipinski definition) is 0. The normalized spacial score (nSPS) is 15.5. The fourth-order valence-electron chi connectivity index (χ4n) is 2.94. The van der Waals surface area contributed by atoms with E-state index in [0.29, 0.717) is 27.1 Å². The average molecular weight is 390 g/mol. The first-order valence-corrected chi connectivity index (χ1v) is 9.20. The zero-order valence-corrected chi connectivity index (χ0v) is 15.5. The third-order valence-corrected chi connectivity index (χ3v) is 4.84. The van der Waals surface area contributed by atoms with Gasteiger partial charge in [0.1, 0.15) is 29.3 Å². The van der Waals surface area contributed by atoms with Gasteiger partial charge in [-0.05, 0) is 56.0 Å². The molecule has 0 unspecified atom stereocenters. The highest BCUT2D eigenvalue weighted by molar-refractivity contribution is 6.35. The maximum absolute atomic E-state index is 12.2. The number of hydrogen-bond acceptors (Lipinski definition) is 4. The summed E-state index contributed by atoms with van der Waals surface area (Å²) in [5, 5.41) is 10.3. The summed E-state index contributed by atoms with van der Waals surface area (Å²) in [5.74, 6) is 0.257. The Hall–Kier alpha value is -2.22. The van der Waals surface area contributed by atoms with Crippen LogP contribution in [0.5, 0.6) is 0 Å². The Balaban J connectivity index is 1.77. The Labute approximate surface area is 162 Å². The van der Waals surface area contributed by atoms with Gasteiger partial charge in [-0.25, -0.2) is 4.79 Å². The van der Waals surface area contributed by atoms with Crippen molar-refractivity contribution in [2.75, 3.05) is 0 Å². The molecule has 134 valence electrons. The van der Waals surface area contributed by atoms with Gasteiger partial charge in [0.05, 0.1) is 5.02 Å². The minimum absolute atomic E-state index is 0.0892. The van der Waals surface area contributed by atoms with E-state index in [1.165, 1.54) is 6.08 Å². The number of halogens is 2. The molecule has 0 radical (unpaired) electrons. The third kappa shape index (κ3) is 4.49. The van der Waals surface area contributed by atoms with Crippen molar-refractivity contribution < 1.29 is 13.9 Å². The van der Waals surface area contributed by atoms with E-state index in [1.807, 2.05) is 6.07 Å². The minimum atomic E-state index is -0.613. The molecular formula is C20H17Cl2NO3. The molecule has 1 aromatic heterocycles. The molecule has 0 saturated heterocycles. The van der Waals surface area contributed by atoms with E-state index in [2.05, 4.69) is 0 Å². The van der Waals surface area contributed by atoms with Crippen molar-refractivity contribution >= 4 is 35.2 Å². The Morgan fingerprint density at radius 2 is 1.96 bits per heavy atom. The molecule has 1 aliphatic carbocycles. The largest absolute Gasteiger partial charge is 0.458 e. The highest BCUT2D eigenvalue weighted by Gasteiger charge is 2.20. The van der Waals surface area contributed by atoms with Gasteiger partial charge in [-0.2, -0.15) is 5.26 Å². The Morgan fingerprint density at radius 1 is 1.19 bits per heavy atom. The van der Waals surface area contributed by atoms with Crippen molar-refractivity contribution in [1.82, 2.24) is 0 Å². The minimum Gasteiger partial charge on any atom is -0.458 e. The molecule has 1 heterocycles. The summed E-state index contributed by atoms with van der Waals surface area (Å²) >= 11 is 12.2. The van der Waals surface area contributed by atoms with Crippen LogP contribution in [0.25, 0.3) is 17.4 Å². The number of benzene rings is 1. The van der Waals surface area contributed by atoms with Crippen molar-refractivity contribution in [3.05, 3.63) is 51.7 Å². The van der Waals surface area contributed by atoms with Crippen LogP contribution in [0.1, 0.15) is 37.9 Å². The van der Waals surface area contributed by atoms with E-state index < -0.39 is 5.97 Å². The predicted molar refractivity (Wildman–Crippen MR) is 101 cm³/mol. The van der Waals surface area contributed by atoms with E-state index >= 15 is 0 Å². The lowest BCUT2D eigenvalue weighted by atomic mass is 9.98. The number of nitriles is 1. The second-order valence-electron chi connectivity index (χ2n) is 6.16. The summed E-state index contributed by atoms with van der Waals surface area (Å²) in [4.78, 5) is 12.2. The maximum atomic E-state index is 12.2. The molecule has 2 aromatic rings. The van der Waals surface area contributed by atoms with Gasteiger partial charge in [0.15, 0.2) is 0 Å². The van der Waals surface area contributed by atoms with Crippen molar-refractivity contribution in [2.45, 2.75) is 38.2 Å². The molecule has 0 aliphatic heterocycles. The molecular weight excluding hydrogens is 373 g/mol. The molecule has 0 bridgehead atoms. The molecule has 0 amide bonds. The van der Waals surface area contributed by atoms with Gasteiger partial charge >= 0.3 is 5.97 Å². The number of nitrogens with zero attached hydrogens (tertiary/aromatic N) is 1. The lowest BCUT2D eigenvalue weighted by molar-refractivity contribution is -0.145. The predicted octanol–water partition coefficient (Wildman–Crippen LogP) is 6.04. The molecule has 1 aliphatic rings. The summed E-state index contributed by atoms with van der Waals surface area (Å²) in [5.41, 5.74) is 0.552. The van der Waals surface area contributed by atoms with Gasteiger partial charge in [-0.15, -0.1) is 0 Å². The Kier molecular flexibility index (Phi) is 6.03. The monoisotopic (exact) mass is 389 g/mol. The molecule has 3 rings (SSSR count). The number of rotatable bonds is 4. The zero-order valence-electron chi connectivity index (χ0n) is 14.0. The van der Waals surface area contributed by atoms with Gasteiger partial charge in [0, 0.05) is 16.7 Å². The number of ether oxygens (including phenoxy) is 1. The summed E-state index contributed by atoms with van der Waals surface area (Å²) in [6.45, 7) is 0. The van der Waals surface area contributed by atoms with Gasteiger partial charge in [0.25, 0.3) is 0 Å². The lowest BCUT2D eigenvalue weighted by Crippen LogP contribution is -2.21. The molecule has 26 heavy (non-hydrogen) atoms. The van der Waals surface area contributed by atoms with E-state index in [1.54, 1.807) is 30.3 Å². The SMILES string of the molecule is N#CC(=Cc1ccc(-c2cc(Cl)ccc2Cl)o1)C(=O)OC1CCCCC1. The first-order valence-electron chi connectivity index (χ1n) is 8.45. The maximum Gasteiger partial charge on any atom is 0.349 e. The van der Waals surface area contributed by atoms with Gasteiger partial charge in [-0.1, -0.05) is 29.6 Å². The fraction of sp³-hybridized carbons (Fsp3) is 0.300. The van der Waals surface area contributed by atoms with E-state index in [0.717, 1.165) is 32.1 Å². The molecule has 0 N–H and O–H groups in total. The van der Waals surface area contributed by atoms with Crippen LogP contribution in [0.3, 0.4) is 0 Å². The highest BCUT2D eigenvalue weighted by Crippen LogP contribution is 2.32. The molecule has 6 heteroatoms. The summed E-state index contributed by atoms with van der Waals surface area (Å²) < 4.78 is 11.1. The Bertz CT molecular complexity index is 873. The quantitative estimate of drug-likeness (QED) is 0.363. The van der Waals surface area contributed by atoms with Gasteiger partial charge in [0.2, 0.25) is 0 Å². The number of carbonyl (C=O) groups excluding carboxylic acids is 1. The molecule has 0 spiro atoms. The van der Waals surface area contributed by atoms with Crippen LogP contribution < -0.4 is 0 Å². The van der Waals surface area contributed by atoms with Gasteiger partial charge in [-0.3, -0.25) is 0 Å². The first-order chi connectivity index (χ1) is 12.6. The smallest absolute Gasteiger partial charge is 0.349 e. The molecule has 1 fully saturated rings. The highest BCUT2D eigenvalue weighted by atomic mass is 35.5. The van der Waals surface area contributed by atoms with Crippen LogP contribution in [-0.2, 0) is 9.53 Å². The zero-order chi connectivity index (χ0) is 18.5. The van der Waals surface area contributed by atoms with Crippen molar-refractivity contribution in [3.8, 4) is 17.4 Å². The standard InChI is InChI=1S/C20H17Cl2NO3/c21-14-6-8-18(22)17(11-14)19-9-7-16(25-19)10-13(12-23)20(24)26-15-4-2-1-3-5-15/h6-11,15H,1-5H2. The van der Waals surface area contributed by atoms with Crippen LogP contribution in [0, 0.1) is 11.3 Å². The number of furan rings is 1. The van der Waals surface area contributed by atoms with E-state index in [4.69, 9.17) is 32.4 Å². The average Bonchev–Trinajstić information content (AvgIpc) is 3.11. The molecule has 1 saturated carbocycles. The van der Waals surface area contributed by atoms with Crippen LogP contribution >= 0.6 is 23.2 Å². The molecule has 1 aromatic carbocycles. The Morgan fingerprint density at radius 3 is 2.69 bits per heavy atom. The molecule has 0 atom stereocenters. The molecule has 4 nitrogen and oxygen atoms in total. The van der Waals surface area contributed by atoms with E-state index in [-0.39, 0.29) is 11.7 Å². The number of esters is 1. The summed E-state index contributed by atoms with van der Waals surface area (Å²) in [7, 11) is 0. The van der Waals surface area contributed by atoms with E-state index in [9.17, 15) is 10.1 Å². The van der Waals surface area contributed by atoms with Crippen molar-refractivity contribution in [1.29, 1.82) is 5.26 Å². The van der Waals surface area contributed by atoms with Crippen molar-refractivity contribution in [2.24, 2.45) is 0 Å². The second kappa shape index (κ2) is 8.44. The second-order valence-corrected chi connectivity index (χ2v) is 7.00. The van der Waals surface area contributed by atoms with Crippen LogP contribution in [0.2, 0.25) is 10.0 Å².